The zero-order chi connectivity index (χ0) is 19.7. The molecule has 0 spiro atoms. The van der Waals surface area contributed by atoms with Crippen molar-refractivity contribution in [2.75, 3.05) is 29.0 Å². The third kappa shape index (κ3) is 5.03. The first-order valence-electron chi connectivity index (χ1n) is 9.73. The number of piperidine rings is 1. The van der Waals surface area contributed by atoms with E-state index in [0.717, 1.165) is 62.4 Å². The van der Waals surface area contributed by atoms with Gasteiger partial charge in [-0.05, 0) is 50.3 Å². The largest absolute Gasteiger partial charge is 0.399 e. The molecule has 7 nitrogen and oxygen atoms in total. The van der Waals surface area contributed by atoms with Gasteiger partial charge in [0.05, 0.1) is 5.69 Å². The molecule has 0 unspecified atom stereocenters. The van der Waals surface area contributed by atoms with Gasteiger partial charge in [0.15, 0.2) is 0 Å². The predicted molar refractivity (Wildman–Crippen MR) is 120 cm³/mol. The van der Waals surface area contributed by atoms with Crippen LogP contribution < -0.4 is 21.3 Å². The second-order valence-electron chi connectivity index (χ2n) is 7.53. The van der Waals surface area contributed by atoms with Gasteiger partial charge >= 0.3 is 0 Å². The van der Waals surface area contributed by atoms with Crippen molar-refractivity contribution in [3.8, 4) is 0 Å². The fourth-order valence-corrected chi connectivity index (χ4v) is 4.36. The maximum Gasteiger partial charge on any atom is 0.229 e. The third-order valence-corrected chi connectivity index (χ3v) is 5.43. The first-order valence-corrected chi connectivity index (χ1v) is 10.1. The SMILES string of the molecule is CC(=O)N[C@@H]1CCCN(c2nc(Nc3cc(N)cc(Cl)c3)nc3c2CCC3)C1.Cl. The lowest BCUT2D eigenvalue weighted by Gasteiger charge is -2.35. The van der Waals surface area contributed by atoms with Crippen molar-refractivity contribution in [1.29, 1.82) is 0 Å². The van der Waals surface area contributed by atoms with E-state index < -0.39 is 0 Å². The molecule has 156 valence electrons. The summed E-state index contributed by atoms with van der Waals surface area (Å²) in [6.45, 7) is 3.27. The van der Waals surface area contributed by atoms with Gasteiger partial charge in [-0.25, -0.2) is 4.98 Å². The van der Waals surface area contributed by atoms with Crippen LogP contribution in [0.25, 0.3) is 0 Å². The van der Waals surface area contributed by atoms with Crippen molar-refractivity contribution in [2.24, 2.45) is 0 Å². The van der Waals surface area contributed by atoms with Crippen molar-refractivity contribution in [2.45, 2.75) is 45.1 Å². The molecule has 1 amide bonds. The number of fused-ring (bicyclic) bond motifs is 1. The summed E-state index contributed by atoms with van der Waals surface area (Å²) in [5.41, 5.74) is 9.59. The highest BCUT2D eigenvalue weighted by Crippen LogP contribution is 2.32. The number of halogens is 2. The summed E-state index contributed by atoms with van der Waals surface area (Å²) in [6, 6.07) is 5.48. The van der Waals surface area contributed by atoms with Gasteiger partial charge in [-0.3, -0.25) is 4.79 Å². The molecule has 0 saturated carbocycles. The first kappa shape index (κ1) is 21.5. The molecule has 9 heteroatoms. The van der Waals surface area contributed by atoms with Gasteiger partial charge in [-0.2, -0.15) is 4.98 Å². The molecule has 4 rings (SSSR count). The molecule has 1 aromatic carbocycles. The van der Waals surface area contributed by atoms with Gasteiger partial charge in [0.1, 0.15) is 5.82 Å². The summed E-state index contributed by atoms with van der Waals surface area (Å²) in [5.74, 6) is 1.55. The van der Waals surface area contributed by atoms with Crippen LogP contribution in [0.2, 0.25) is 5.02 Å². The number of benzene rings is 1. The summed E-state index contributed by atoms with van der Waals surface area (Å²) in [4.78, 5) is 23.3. The third-order valence-electron chi connectivity index (χ3n) is 5.22. The molecule has 2 heterocycles. The smallest absolute Gasteiger partial charge is 0.229 e. The average Bonchev–Trinajstić information content (AvgIpc) is 3.08. The van der Waals surface area contributed by atoms with Gasteiger partial charge in [0.25, 0.3) is 0 Å². The van der Waals surface area contributed by atoms with Crippen LogP contribution in [0, 0.1) is 0 Å². The number of amides is 1. The highest BCUT2D eigenvalue weighted by molar-refractivity contribution is 6.31. The number of nitrogens with zero attached hydrogens (tertiary/aromatic N) is 3. The molecular formula is C20H26Cl2N6O. The zero-order valence-corrected chi connectivity index (χ0v) is 17.9. The monoisotopic (exact) mass is 436 g/mol. The van der Waals surface area contributed by atoms with Crippen LogP contribution >= 0.6 is 24.0 Å². The van der Waals surface area contributed by atoms with Gasteiger partial charge in [0, 0.05) is 48.0 Å². The molecule has 4 N–H and O–H groups in total. The van der Waals surface area contributed by atoms with E-state index in [2.05, 4.69) is 15.5 Å². The highest BCUT2D eigenvalue weighted by Gasteiger charge is 2.27. The van der Waals surface area contributed by atoms with Crippen LogP contribution in [0.4, 0.5) is 23.1 Å². The Kier molecular flexibility index (Phi) is 6.70. The Bertz CT molecular complexity index is 887. The Hall–Kier alpha value is -2.25. The van der Waals surface area contributed by atoms with E-state index in [9.17, 15) is 4.79 Å². The molecule has 2 aromatic rings. The number of nitrogens with one attached hydrogen (secondary N) is 2. The number of nitrogen functional groups attached to an aromatic ring is 1. The Morgan fingerprint density at radius 3 is 2.83 bits per heavy atom. The van der Waals surface area contributed by atoms with Gasteiger partial charge in [-0.15, -0.1) is 12.4 Å². The van der Waals surface area contributed by atoms with Crippen molar-refractivity contribution in [3.63, 3.8) is 0 Å². The molecule has 1 saturated heterocycles. The molecule has 0 bridgehead atoms. The molecule has 1 aliphatic carbocycles. The summed E-state index contributed by atoms with van der Waals surface area (Å²) in [7, 11) is 0. The van der Waals surface area contributed by atoms with E-state index in [1.165, 1.54) is 5.56 Å². The summed E-state index contributed by atoms with van der Waals surface area (Å²) < 4.78 is 0. The van der Waals surface area contributed by atoms with E-state index in [0.29, 0.717) is 16.7 Å². The Morgan fingerprint density at radius 1 is 1.24 bits per heavy atom. The molecule has 29 heavy (non-hydrogen) atoms. The molecule has 1 aliphatic heterocycles. The van der Waals surface area contributed by atoms with Crippen molar-refractivity contribution in [1.82, 2.24) is 15.3 Å². The van der Waals surface area contributed by atoms with Gasteiger partial charge < -0.3 is 21.3 Å². The lowest BCUT2D eigenvalue weighted by atomic mass is 10.0. The van der Waals surface area contributed by atoms with Crippen LogP contribution in [0.3, 0.4) is 0 Å². The van der Waals surface area contributed by atoms with E-state index in [-0.39, 0.29) is 24.4 Å². The van der Waals surface area contributed by atoms with E-state index in [1.54, 1.807) is 13.0 Å². The lowest BCUT2D eigenvalue weighted by molar-refractivity contribution is -0.119. The quantitative estimate of drug-likeness (QED) is 0.634. The molecule has 0 radical (unpaired) electrons. The molecule has 1 fully saturated rings. The normalized spacial score (nSPS) is 18.0. The van der Waals surface area contributed by atoms with Crippen LogP contribution in [-0.2, 0) is 17.6 Å². The van der Waals surface area contributed by atoms with Crippen molar-refractivity contribution >= 4 is 53.1 Å². The molecule has 1 aromatic heterocycles. The number of anilines is 4. The number of aromatic nitrogens is 2. The Balaban J connectivity index is 0.00000240. The Morgan fingerprint density at radius 2 is 2.07 bits per heavy atom. The second-order valence-corrected chi connectivity index (χ2v) is 7.97. The van der Waals surface area contributed by atoms with Crippen LogP contribution in [0.15, 0.2) is 18.2 Å². The van der Waals surface area contributed by atoms with E-state index in [4.69, 9.17) is 27.3 Å². The lowest BCUT2D eigenvalue weighted by Crippen LogP contribution is -2.47. The van der Waals surface area contributed by atoms with Crippen LogP contribution in [0.5, 0.6) is 0 Å². The summed E-state index contributed by atoms with van der Waals surface area (Å²) in [5, 5.41) is 6.87. The Labute approximate surface area is 181 Å². The fourth-order valence-electron chi connectivity index (χ4n) is 4.12. The molecule has 2 aliphatic rings. The standard InChI is InChI=1S/C20H25ClN6O.ClH/c1-12(28)23-15-4-3-7-27(11-15)19-17-5-2-6-18(17)25-20(26-19)24-16-9-13(21)8-14(22)10-16;/h8-10,15H,2-7,11,22H2,1H3,(H,23,28)(H,24,25,26);1H/t15-;/m1./s1. The van der Waals surface area contributed by atoms with Crippen LogP contribution in [-0.4, -0.2) is 35.0 Å². The van der Waals surface area contributed by atoms with Crippen molar-refractivity contribution < 1.29 is 4.79 Å². The fraction of sp³-hybridized carbons (Fsp3) is 0.450. The maximum atomic E-state index is 11.5. The number of hydrogen-bond donors (Lipinski definition) is 3. The predicted octanol–water partition coefficient (Wildman–Crippen LogP) is 3.47. The van der Waals surface area contributed by atoms with E-state index >= 15 is 0 Å². The number of rotatable bonds is 4. The second kappa shape index (κ2) is 9.05. The average molecular weight is 437 g/mol. The van der Waals surface area contributed by atoms with Crippen molar-refractivity contribution in [3.05, 3.63) is 34.5 Å². The van der Waals surface area contributed by atoms with Gasteiger partial charge in [-0.1, -0.05) is 11.6 Å². The van der Waals surface area contributed by atoms with Gasteiger partial charge in [0.2, 0.25) is 11.9 Å². The number of carbonyl (C=O) groups is 1. The first-order chi connectivity index (χ1) is 13.5. The van der Waals surface area contributed by atoms with E-state index in [1.807, 2.05) is 12.1 Å². The number of hydrogen-bond acceptors (Lipinski definition) is 6. The minimum absolute atomic E-state index is 0. The summed E-state index contributed by atoms with van der Waals surface area (Å²) >= 11 is 6.12. The number of aryl methyl sites for hydroxylation is 1. The minimum Gasteiger partial charge on any atom is -0.399 e. The molecular weight excluding hydrogens is 411 g/mol. The number of nitrogens with two attached hydrogens (primary N) is 1. The molecule has 1 atom stereocenters. The topological polar surface area (TPSA) is 96.2 Å². The number of carbonyl (C=O) groups excluding carboxylic acids is 1. The minimum atomic E-state index is 0. The summed E-state index contributed by atoms with van der Waals surface area (Å²) in [6.07, 6.45) is 5.07. The maximum absolute atomic E-state index is 11.5. The zero-order valence-electron chi connectivity index (χ0n) is 16.4. The van der Waals surface area contributed by atoms with Crippen LogP contribution in [0.1, 0.15) is 37.4 Å². The highest BCUT2D eigenvalue weighted by atomic mass is 35.5.